The zero-order chi connectivity index (χ0) is 10.3. The van der Waals surface area contributed by atoms with Gasteiger partial charge in [0.2, 0.25) is 0 Å². The minimum atomic E-state index is 0.720. The number of hydrogen-bond donors (Lipinski definition) is 1. The van der Waals surface area contributed by atoms with Gasteiger partial charge in [-0.2, -0.15) is 0 Å². The first-order valence-corrected chi connectivity index (χ1v) is 5.22. The van der Waals surface area contributed by atoms with Crippen molar-refractivity contribution < 1.29 is 0 Å². The van der Waals surface area contributed by atoms with Crippen LogP contribution in [0, 0.1) is 0 Å². The van der Waals surface area contributed by atoms with Crippen molar-refractivity contribution in [2.45, 2.75) is 0 Å². The van der Waals surface area contributed by atoms with Crippen molar-refractivity contribution >= 4 is 22.0 Å². The lowest BCUT2D eigenvalue weighted by molar-refractivity contribution is 1.11. The van der Waals surface area contributed by atoms with Crippen molar-refractivity contribution in [1.29, 1.82) is 0 Å². The largest absolute Gasteiger partial charge is 0.390 e. The minimum Gasteiger partial charge on any atom is -0.390 e. The van der Waals surface area contributed by atoms with Gasteiger partial charge in [0.1, 0.15) is 0 Å². The summed E-state index contributed by atoms with van der Waals surface area (Å²) in [5.41, 5.74) is 7.48. The van der Waals surface area contributed by atoms with Gasteiger partial charge in [-0.25, -0.2) is 0 Å². The molecule has 3 aromatic heterocycles. The van der Waals surface area contributed by atoms with E-state index in [0.29, 0.717) is 0 Å². The molecule has 0 aromatic carbocycles. The van der Waals surface area contributed by atoms with Crippen LogP contribution >= 0.6 is 11.3 Å². The number of thiophene rings is 1. The molecule has 0 aliphatic carbocycles. The summed E-state index contributed by atoms with van der Waals surface area (Å²) >= 11 is 1.49. The van der Waals surface area contributed by atoms with E-state index in [9.17, 15) is 0 Å². The monoisotopic (exact) mass is 217 g/mol. The summed E-state index contributed by atoms with van der Waals surface area (Å²) in [6.45, 7) is 0. The maximum atomic E-state index is 5.84. The van der Waals surface area contributed by atoms with Crippen molar-refractivity contribution in [3.8, 4) is 11.4 Å². The zero-order valence-electron chi connectivity index (χ0n) is 7.66. The number of anilines is 1. The second-order valence-corrected chi connectivity index (χ2v) is 3.97. The third kappa shape index (κ3) is 1.18. The molecule has 5 nitrogen and oxygen atoms in total. The highest BCUT2D eigenvalue weighted by atomic mass is 32.1. The molecule has 0 amide bonds. The standard InChI is InChI=1S/C9H7N5S/c10-8-6(1-4-15-8)9-13-12-7-5-11-2-3-14(7)9/h1-5H,10H2. The van der Waals surface area contributed by atoms with Gasteiger partial charge in [0.05, 0.1) is 16.8 Å². The smallest absolute Gasteiger partial charge is 0.179 e. The van der Waals surface area contributed by atoms with Gasteiger partial charge in [-0.3, -0.25) is 9.38 Å². The molecule has 0 aliphatic rings. The van der Waals surface area contributed by atoms with Crippen LogP contribution in [0.4, 0.5) is 5.00 Å². The summed E-state index contributed by atoms with van der Waals surface area (Å²) in [5, 5.41) is 10.8. The molecule has 0 unspecified atom stereocenters. The van der Waals surface area contributed by atoms with E-state index >= 15 is 0 Å². The molecule has 15 heavy (non-hydrogen) atoms. The average molecular weight is 217 g/mol. The quantitative estimate of drug-likeness (QED) is 0.669. The normalized spacial score (nSPS) is 10.9. The van der Waals surface area contributed by atoms with E-state index in [-0.39, 0.29) is 0 Å². The van der Waals surface area contributed by atoms with E-state index in [0.717, 1.165) is 22.0 Å². The van der Waals surface area contributed by atoms with Gasteiger partial charge in [-0.05, 0) is 11.4 Å². The number of nitrogen functional groups attached to an aromatic ring is 1. The molecule has 74 valence electrons. The molecule has 0 bridgehead atoms. The number of nitrogens with zero attached hydrogens (tertiary/aromatic N) is 4. The number of hydrogen-bond acceptors (Lipinski definition) is 5. The molecule has 3 rings (SSSR count). The second kappa shape index (κ2) is 3.03. The Labute approximate surface area is 89.2 Å². The topological polar surface area (TPSA) is 69.1 Å². The lowest BCUT2D eigenvalue weighted by Gasteiger charge is -1.97. The van der Waals surface area contributed by atoms with E-state index in [1.807, 2.05) is 22.0 Å². The Morgan fingerprint density at radius 1 is 1.33 bits per heavy atom. The fourth-order valence-electron chi connectivity index (χ4n) is 1.44. The number of nitrogens with two attached hydrogens (primary N) is 1. The Morgan fingerprint density at radius 2 is 2.27 bits per heavy atom. The maximum absolute atomic E-state index is 5.84. The summed E-state index contributed by atoms with van der Waals surface area (Å²) < 4.78 is 1.87. The first-order chi connectivity index (χ1) is 7.36. The van der Waals surface area contributed by atoms with E-state index in [4.69, 9.17) is 5.73 Å². The SMILES string of the molecule is Nc1sccc1-c1nnc2cnccn12. The van der Waals surface area contributed by atoms with Crippen LogP contribution in [-0.2, 0) is 0 Å². The Morgan fingerprint density at radius 3 is 3.07 bits per heavy atom. The van der Waals surface area contributed by atoms with Gasteiger partial charge in [0.25, 0.3) is 0 Å². The van der Waals surface area contributed by atoms with Crippen molar-refractivity contribution in [3.05, 3.63) is 30.0 Å². The highest BCUT2D eigenvalue weighted by Crippen LogP contribution is 2.28. The molecule has 2 N–H and O–H groups in total. The molecule has 3 aromatic rings. The third-order valence-corrected chi connectivity index (χ3v) is 2.90. The Bertz CT molecular complexity index is 612. The predicted octanol–water partition coefficient (Wildman–Crippen LogP) is 1.44. The van der Waals surface area contributed by atoms with Crippen LogP contribution in [-0.4, -0.2) is 19.6 Å². The molecule has 0 saturated carbocycles. The van der Waals surface area contributed by atoms with Gasteiger partial charge in [0, 0.05) is 12.4 Å². The Balaban J connectivity index is 2.32. The summed E-state index contributed by atoms with van der Waals surface area (Å²) in [6.07, 6.45) is 5.18. The summed E-state index contributed by atoms with van der Waals surface area (Å²) in [7, 11) is 0. The molecule has 0 atom stereocenters. The Kier molecular flexibility index (Phi) is 1.69. The summed E-state index contributed by atoms with van der Waals surface area (Å²) in [4.78, 5) is 3.98. The molecule has 0 radical (unpaired) electrons. The van der Waals surface area contributed by atoms with Crippen LogP contribution in [0.3, 0.4) is 0 Å². The van der Waals surface area contributed by atoms with Crippen LogP contribution in [0.2, 0.25) is 0 Å². The molecule has 0 aliphatic heterocycles. The Hall–Kier alpha value is -1.95. The molecule has 0 saturated heterocycles. The first-order valence-electron chi connectivity index (χ1n) is 4.34. The fraction of sp³-hybridized carbons (Fsp3) is 0. The van der Waals surface area contributed by atoms with Crippen LogP contribution in [0.1, 0.15) is 0 Å². The number of rotatable bonds is 1. The van der Waals surface area contributed by atoms with Crippen LogP contribution in [0.15, 0.2) is 30.0 Å². The lowest BCUT2D eigenvalue weighted by atomic mass is 10.3. The average Bonchev–Trinajstić information content (AvgIpc) is 2.83. The van der Waals surface area contributed by atoms with Crippen LogP contribution in [0.25, 0.3) is 17.0 Å². The molecule has 0 spiro atoms. The zero-order valence-corrected chi connectivity index (χ0v) is 8.48. The van der Waals surface area contributed by atoms with Gasteiger partial charge in [0.15, 0.2) is 11.5 Å². The van der Waals surface area contributed by atoms with Gasteiger partial charge in [-0.15, -0.1) is 21.5 Å². The number of aromatic nitrogens is 4. The van der Waals surface area contributed by atoms with Crippen molar-refractivity contribution in [2.75, 3.05) is 5.73 Å². The van der Waals surface area contributed by atoms with Crippen LogP contribution < -0.4 is 5.73 Å². The van der Waals surface area contributed by atoms with Gasteiger partial charge < -0.3 is 5.73 Å². The maximum Gasteiger partial charge on any atom is 0.179 e. The van der Waals surface area contributed by atoms with E-state index in [2.05, 4.69) is 15.2 Å². The third-order valence-electron chi connectivity index (χ3n) is 2.15. The second-order valence-electron chi connectivity index (χ2n) is 3.03. The van der Waals surface area contributed by atoms with E-state index in [1.54, 1.807) is 12.4 Å². The number of fused-ring (bicyclic) bond motifs is 1. The summed E-state index contributed by atoms with van der Waals surface area (Å²) in [5.74, 6) is 0.756. The van der Waals surface area contributed by atoms with Crippen molar-refractivity contribution in [1.82, 2.24) is 19.6 Å². The molecular formula is C9H7N5S. The molecular weight excluding hydrogens is 210 g/mol. The van der Waals surface area contributed by atoms with Gasteiger partial charge in [-0.1, -0.05) is 0 Å². The highest BCUT2D eigenvalue weighted by Gasteiger charge is 2.10. The minimum absolute atomic E-state index is 0.720. The van der Waals surface area contributed by atoms with E-state index in [1.165, 1.54) is 11.3 Å². The summed E-state index contributed by atoms with van der Waals surface area (Å²) in [6, 6.07) is 1.94. The van der Waals surface area contributed by atoms with Crippen molar-refractivity contribution in [2.24, 2.45) is 0 Å². The van der Waals surface area contributed by atoms with Crippen molar-refractivity contribution in [3.63, 3.8) is 0 Å². The van der Waals surface area contributed by atoms with Gasteiger partial charge >= 0.3 is 0 Å². The molecule has 0 fully saturated rings. The highest BCUT2D eigenvalue weighted by molar-refractivity contribution is 7.14. The lowest BCUT2D eigenvalue weighted by Crippen LogP contribution is -1.91. The fourth-order valence-corrected chi connectivity index (χ4v) is 2.08. The van der Waals surface area contributed by atoms with E-state index < -0.39 is 0 Å². The predicted molar refractivity (Wildman–Crippen MR) is 58.5 cm³/mol. The first kappa shape index (κ1) is 8.37. The van der Waals surface area contributed by atoms with Crippen LogP contribution in [0.5, 0.6) is 0 Å². The molecule has 6 heteroatoms. The molecule has 3 heterocycles.